The van der Waals surface area contributed by atoms with E-state index in [-0.39, 0.29) is 11.9 Å². The molecule has 12 nitrogen and oxygen atoms in total. The van der Waals surface area contributed by atoms with Gasteiger partial charge in [0.05, 0.1) is 11.8 Å². The molecule has 3 rings (SSSR count). The maximum Gasteiger partial charge on any atom is 0.407 e. The van der Waals surface area contributed by atoms with E-state index >= 15 is 0 Å². The highest BCUT2D eigenvalue weighted by Crippen LogP contribution is 2.16. The minimum Gasteiger partial charge on any atom is -0.436 e. The fourth-order valence-corrected chi connectivity index (χ4v) is 2.83. The Hall–Kier alpha value is -4.40. The van der Waals surface area contributed by atoms with Crippen LogP contribution in [0.1, 0.15) is 38.7 Å². The number of carbonyl (C=O) groups excluding carboxylic acids is 2. The van der Waals surface area contributed by atoms with Crippen molar-refractivity contribution < 1.29 is 19.2 Å². The first-order valence-corrected chi connectivity index (χ1v) is 11.3. The van der Waals surface area contributed by atoms with E-state index in [2.05, 4.69) is 48.1 Å². The Labute approximate surface area is 202 Å². The highest BCUT2D eigenvalue weighted by Gasteiger charge is 2.16. The van der Waals surface area contributed by atoms with Gasteiger partial charge in [-0.15, -0.1) is 5.10 Å². The van der Waals surface area contributed by atoms with Gasteiger partial charge >= 0.3 is 12.1 Å². The first kappa shape index (κ1) is 25.2. The Bertz CT molecular complexity index is 1220. The van der Waals surface area contributed by atoms with Gasteiger partial charge < -0.3 is 25.5 Å². The molecule has 0 saturated carbocycles. The lowest BCUT2D eigenvalue weighted by molar-refractivity contribution is -0.128. The molecule has 2 aromatic heterocycles. The van der Waals surface area contributed by atoms with Crippen LogP contribution in [0, 0.1) is 11.8 Å². The quantitative estimate of drug-likeness (QED) is 0.292. The number of rotatable bonds is 10. The predicted molar refractivity (Wildman–Crippen MR) is 128 cm³/mol. The number of alkyl carbamates (subject to hydrolysis) is 1. The molecule has 3 aromatic rings. The van der Waals surface area contributed by atoms with Gasteiger partial charge in [-0.2, -0.15) is 4.98 Å². The largest absolute Gasteiger partial charge is 0.436 e. The van der Waals surface area contributed by atoms with Crippen LogP contribution in [-0.4, -0.2) is 63.4 Å². The number of fused-ring (bicyclic) bond motifs is 1. The monoisotopic (exact) mass is 480 g/mol. The summed E-state index contributed by atoms with van der Waals surface area (Å²) in [6, 6.07) is 7.52. The molecule has 1 atom stereocenters. The summed E-state index contributed by atoms with van der Waals surface area (Å²) in [7, 11) is 1.43. The van der Waals surface area contributed by atoms with Crippen LogP contribution in [0.2, 0.25) is 0 Å². The van der Waals surface area contributed by atoms with E-state index in [1.54, 1.807) is 6.20 Å². The van der Waals surface area contributed by atoms with Gasteiger partial charge in [0.2, 0.25) is 0 Å². The van der Waals surface area contributed by atoms with Crippen molar-refractivity contribution in [2.24, 2.45) is 0 Å². The maximum absolute atomic E-state index is 11.9. The van der Waals surface area contributed by atoms with Crippen molar-refractivity contribution >= 4 is 28.9 Å². The molecule has 184 valence electrons. The van der Waals surface area contributed by atoms with Crippen molar-refractivity contribution in [3.8, 4) is 17.9 Å². The molecule has 0 aliphatic heterocycles. The highest BCUT2D eigenvalue weighted by molar-refractivity contribution is 5.82. The highest BCUT2D eigenvalue weighted by atomic mass is 16.7. The molecule has 0 radical (unpaired) electrons. The SMILES string of the molecule is CCCNc1nc(On2nnc3ccccc32)ncc1C#CCCCNC(=O)C(C)OC(=O)NC. The fraction of sp³-hybridized carbons (Fsp3) is 0.391. The molecule has 2 amide bonds. The van der Waals surface area contributed by atoms with Crippen molar-refractivity contribution in [1.29, 1.82) is 0 Å². The summed E-state index contributed by atoms with van der Waals surface area (Å²) in [5, 5.41) is 16.3. The Morgan fingerprint density at radius 1 is 1.23 bits per heavy atom. The second-order valence-corrected chi connectivity index (χ2v) is 7.38. The number of aromatic nitrogens is 5. The molecule has 0 bridgehead atoms. The third kappa shape index (κ3) is 7.29. The number of ether oxygens (including phenoxy) is 1. The summed E-state index contributed by atoms with van der Waals surface area (Å²) in [4.78, 5) is 38.7. The molecule has 2 heterocycles. The molecule has 1 unspecified atom stereocenters. The Morgan fingerprint density at radius 2 is 2.06 bits per heavy atom. The Kier molecular flexibility index (Phi) is 9.18. The van der Waals surface area contributed by atoms with Crippen molar-refractivity contribution in [2.45, 2.75) is 39.2 Å². The standard InChI is InChI=1S/C23H28N8O4/c1-4-13-25-20-17(10-6-5-9-14-26-21(32)16(2)34-23(33)24-3)15-27-22(28-20)35-31-19-12-8-7-11-18(19)29-30-31/h7-8,11-12,15-16H,4-5,9,13-14H2,1-3H3,(H,24,33)(H,26,32)(H,25,27,28). The van der Waals surface area contributed by atoms with E-state index in [1.165, 1.54) is 18.8 Å². The van der Waals surface area contributed by atoms with E-state index < -0.39 is 12.2 Å². The van der Waals surface area contributed by atoms with E-state index in [9.17, 15) is 9.59 Å². The fourth-order valence-electron chi connectivity index (χ4n) is 2.83. The van der Waals surface area contributed by atoms with Gasteiger partial charge in [-0.1, -0.05) is 35.7 Å². The number of hydrogen-bond acceptors (Lipinski definition) is 9. The molecule has 0 saturated heterocycles. The lowest BCUT2D eigenvalue weighted by Crippen LogP contribution is -2.38. The number of amides is 2. The minimum atomic E-state index is -0.873. The van der Waals surface area contributed by atoms with E-state index in [0.717, 1.165) is 6.42 Å². The zero-order valence-electron chi connectivity index (χ0n) is 19.9. The molecule has 1 aromatic carbocycles. The molecular weight excluding hydrogens is 452 g/mol. The lowest BCUT2D eigenvalue weighted by atomic mass is 10.2. The smallest absolute Gasteiger partial charge is 0.407 e. The number of nitrogens with zero attached hydrogens (tertiary/aromatic N) is 5. The number of benzene rings is 1. The van der Waals surface area contributed by atoms with Crippen LogP contribution in [0.5, 0.6) is 6.01 Å². The molecule has 3 N–H and O–H groups in total. The van der Waals surface area contributed by atoms with Gasteiger partial charge in [0.1, 0.15) is 16.9 Å². The number of para-hydroxylation sites is 1. The zero-order chi connectivity index (χ0) is 25.0. The summed E-state index contributed by atoms with van der Waals surface area (Å²) in [5.41, 5.74) is 2.03. The van der Waals surface area contributed by atoms with E-state index in [4.69, 9.17) is 9.57 Å². The number of anilines is 1. The average Bonchev–Trinajstić information content (AvgIpc) is 3.28. The first-order chi connectivity index (χ1) is 17.0. The van der Waals surface area contributed by atoms with Crippen LogP contribution in [0.15, 0.2) is 30.5 Å². The third-order valence-corrected chi connectivity index (χ3v) is 4.66. The van der Waals surface area contributed by atoms with E-state index in [0.29, 0.717) is 48.3 Å². The van der Waals surface area contributed by atoms with Gasteiger partial charge in [0, 0.05) is 26.6 Å². The first-order valence-electron chi connectivity index (χ1n) is 11.3. The van der Waals surface area contributed by atoms with Crippen LogP contribution in [0.4, 0.5) is 10.6 Å². The van der Waals surface area contributed by atoms with Crippen LogP contribution in [-0.2, 0) is 9.53 Å². The zero-order valence-corrected chi connectivity index (χ0v) is 19.9. The van der Waals surface area contributed by atoms with Crippen LogP contribution >= 0.6 is 0 Å². The topological polar surface area (TPSA) is 145 Å². The molecule has 0 spiro atoms. The molecule has 0 aliphatic rings. The number of hydrogen-bond donors (Lipinski definition) is 3. The van der Waals surface area contributed by atoms with Gasteiger partial charge in [0.15, 0.2) is 6.10 Å². The lowest BCUT2D eigenvalue weighted by Gasteiger charge is -2.12. The van der Waals surface area contributed by atoms with Crippen molar-refractivity contribution in [2.75, 3.05) is 25.5 Å². The van der Waals surface area contributed by atoms with Crippen LogP contribution in [0.3, 0.4) is 0 Å². The van der Waals surface area contributed by atoms with Gasteiger partial charge in [0.25, 0.3) is 5.91 Å². The number of unbranched alkanes of at least 4 members (excludes halogenated alkanes) is 1. The second kappa shape index (κ2) is 12.7. The molecule has 0 fully saturated rings. The molecule has 35 heavy (non-hydrogen) atoms. The summed E-state index contributed by atoms with van der Waals surface area (Å²) in [6.45, 7) is 4.67. The minimum absolute atomic E-state index is 0.112. The van der Waals surface area contributed by atoms with Gasteiger partial charge in [-0.3, -0.25) is 4.79 Å². The Balaban J connectivity index is 1.57. The number of nitrogens with one attached hydrogen (secondary N) is 3. The van der Waals surface area contributed by atoms with Gasteiger partial charge in [-0.05, 0) is 37.1 Å². The normalized spacial score (nSPS) is 11.2. The van der Waals surface area contributed by atoms with Crippen molar-refractivity contribution in [3.63, 3.8) is 0 Å². The van der Waals surface area contributed by atoms with Crippen LogP contribution < -0.4 is 20.8 Å². The average molecular weight is 481 g/mol. The van der Waals surface area contributed by atoms with E-state index in [1.807, 2.05) is 31.2 Å². The maximum atomic E-state index is 11.9. The summed E-state index contributed by atoms with van der Waals surface area (Å²) in [6.07, 6.45) is 2.14. The molecule has 12 heteroatoms. The summed E-state index contributed by atoms with van der Waals surface area (Å²) >= 11 is 0. The predicted octanol–water partition coefficient (Wildman–Crippen LogP) is 1.88. The number of carbonyl (C=O) groups is 2. The molecular formula is C23H28N8O4. The van der Waals surface area contributed by atoms with Crippen molar-refractivity contribution in [1.82, 2.24) is 35.8 Å². The van der Waals surface area contributed by atoms with Crippen molar-refractivity contribution in [3.05, 3.63) is 36.0 Å². The Morgan fingerprint density at radius 3 is 2.86 bits per heavy atom. The summed E-state index contributed by atoms with van der Waals surface area (Å²) in [5.74, 6) is 6.32. The second-order valence-electron chi connectivity index (χ2n) is 7.38. The molecule has 0 aliphatic carbocycles. The third-order valence-electron chi connectivity index (χ3n) is 4.66. The van der Waals surface area contributed by atoms with Gasteiger partial charge in [-0.25, -0.2) is 9.78 Å². The summed E-state index contributed by atoms with van der Waals surface area (Å²) < 4.78 is 4.88. The van der Waals surface area contributed by atoms with Crippen LogP contribution in [0.25, 0.3) is 11.0 Å².